The van der Waals surface area contributed by atoms with Crippen LogP contribution in [0.5, 0.6) is 0 Å². The Labute approximate surface area is 63.6 Å². The maximum absolute atomic E-state index is 10.8. The monoisotopic (exact) mass is 151 g/mol. The third-order valence-corrected chi connectivity index (χ3v) is 1.83. The molecule has 0 atom stereocenters. The summed E-state index contributed by atoms with van der Waals surface area (Å²) in [5, 5.41) is 9.54. The van der Waals surface area contributed by atoms with Crippen LogP contribution in [0.3, 0.4) is 0 Å². The van der Waals surface area contributed by atoms with Crippen LogP contribution >= 0.6 is 0 Å². The van der Waals surface area contributed by atoms with Crippen molar-refractivity contribution in [2.24, 2.45) is 0 Å². The van der Waals surface area contributed by atoms with E-state index in [2.05, 4.69) is 15.5 Å². The van der Waals surface area contributed by atoms with Crippen molar-refractivity contribution in [3.8, 4) is 0 Å². The van der Waals surface area contributed by atoms with Gasteiger partial charge in [0.15, 0.2) is 0 Å². The predicted molar refractivity (Wildman–Crippen MR) is 40.3 cm³/mol. The Morgan fingerprint density at radius 3 is 3.36 bits per heavy atom. The number of H-pyrrole nitrogens is 1. The molecular weight excluding hydrogens is 142 g/mol. The molecule has 2 N–H and O–H groups in total. The molecule has 4 nitrogen and oxygen atoms in total. The molecular formula is C7H9N3O. The lowest BCUT2D eigenvalue weighted by molar-refractivity contribution is 0.618. The van der Waals surface area contributed by atoms with Crippen molar-refractivity contribution in [1.82, 2.24) is 15.5 Å². The number of rotatable bonds is 0. The molecule has 0 fully saturated rings. The topological polar surface area (TPSA) is 57.8 Å². The highest BCUT2D eigenvalue weighted by Crippen LogP contribution is 2.05. The Morgan fingerprint density at radius 1 is 1.55 bits per heavy atom. The van der Waals surface area contributed by atoms with Crippen LogP contribution in [0.15, 0.2) is 10.9 Å². The van der Waals surface area contributed by atoms with E-state index in [0.29, 0.717) is 0 Å². The molecule has 1 aliphatic heterocycles. The number of fused-ring (bicyclic) bond motifs is 1. The van der Waals surface area contributed by atoms with Crippen molar-refractivity contribution in [3.63, 3.8) is 0 Å². The Morgan fingerprint density at radius 2 is 2.45 bits per heavy atom. The molecule has 11 heavy (non-hydrogen) atoms. The van der Waals surface area contributed by atoms with Crippen LogP contribution in [0.1, 0.15) is 11.3 Å². The molecule has 2 rings (SSSR count). The lowest BCUT2D eigenvalue weighted by atomic mass is 10.1. The Bertz CT molecular complexity index is 318. The minimum atomic E-state index is -0.118. The molecule has 0 amide bonds. The molecule has 1 aliphatic rings. The number of aromatic nitrogens is 2. The second kappa shape index (κ2) is 2.47. The minimum Gasteiger partial charge on any atom is -0.312 e. The van der Waals surface area contributed by atoms with Crippen molar-refractivity contribution in [1.29, 1.82) is 0 Å². The van der Waals surface area contributed by atoms with Gasteiger partial charge in [0.2, 0.25) is 0 Å². The fraction of sp³-hybridized carbons (Fsp3) is 0.429. The van der Waals surface area contributed by atoms with Gasteiger partial charge in [0.05, 0.1) is 5.69 Å². The smallest absolute Gasteiger partial charge is 0.264 e. The normalized spacial score (nSPS) is 16.0. The maximum atomic E-state index is 10.8. The highest BCUT2D eigenvalue weighted by atomic mass is 16.1. The van der Waals surface area contributed by atoms with Crippen LogP contribution in [0.25, 0.3) is 0 Å². The molecule has 0 spiro atoms. The summed E-state index contributed by atoms with van der Waals surface area (Å²) in [6, 6.07) is 1.61. The molecule has 0 aliphatic carbocycles. The van der Waals surface area contributed by atoms with Gasteiger partial charge >= 0.3 is 0 Å². The summed E-state index contributed by atoms with van der Waals surface area (Å²) >= 11 is 0. The molecule has 2 heterocycles. The summed E-state index contributed by atoms with van der Waals surface area (Å²) in [5.41, 5.74) is 1.93. The largest absolute Gasteiger partial charge is 0.312 e. The molecule has 4 heteroatoms. The standard InChI is InChI=1S/C7H9N3O/c11-7-3-5-4-8-2-1-6(5)9-10-7/h3,8H,1-2,4H2,(H,10,11). The fourth-order valence-electron chi connectivity index (χ4n) is 1.27. The van der Waals surface area contributed by atoms with Gasteiger partial charge in [-0.25, -0.2) is 5.10 Å². The van der Waals surface area contributed by atoms with E-state index in [9.17, 15) is 4.79 Å². The first-order valence-electron chi connectivity index (χ1n) is 3.64. The van der Waals surface area contributed by atoms with Crippen molar-refractivity contribution < 1.29 is 0 Å². The summed E-state index contributed by atoms with van der Waals surface area (Å²) in [7, 11) is 0. The van der Waals surface area contributed by atoms with E-state index in [1.807, 2.05) is 0 Å². The number of aromatic amines is 1. The first kappa shape index (κ1) is 6.54. The summed E-state index contributed by atoms with van der Waals surface area (Å²) in [5.74, 6) is 0. The van der Waals surface area contributed by atoms with Crippen LogP contribution in [-0.2, 0) is 13.0 Å². The van der Waals surface area contributed by atoms with E-state index in [1.54, 1.807) is 6.07 Å². The molecule has 1 aromatic heterocycles. The van der Waals surface area contributed by atoms with Gasteiger partial charge in [0, 0.05) is 25.6 Å². The van der Waals surface area contributed by atoms with Crippen LogP contribution in [0.4, 0.5) is 0 Å². The fourth-order valence-corrected chi connectivity index (χ4v) is 1.27. The zero-order chi connectivity index (χ0) is 7.68. The Hall–Kier alpha value is -1.16. The van der Waals surface area contributed by atoms with E-state index in [1.165, 1.54) is 0 Å². The lowest BCUT2D eigenvalue weighted by Gasteiger charge is -2.13. The van der Waals surface area contributed by atoms with Crippen molar-refractivity contribution in [2.75, 3.05) is 6.54 Å². The number of hydrogen-bond acceptors (Lipinski definition) is 3. The zero-order valence-corrected chi connectivity index (χ0v) is 6.05. The third kappa shape index (κ3) is 1.17. The zero-order valence-electron chi connectivity index (χ0n) is 6.05. The van der Waals surface area contributed by atoms with E-state index in [4.69, 9.17) is 0 Å². The summed E-state index contributed by atoms with van der Waals surface area (Å²) in [6.07, 6.45) is 0.909. The van der Waals surface area contributed by atoms with E-state index in [0.717, 1.165) is 30.8 Å². The van der Waals surface area contributed by atoms with Gasteiger partial charge in [-0.3, -0.25) is 4.79 Å². The average molecular weight is 151 g/mol. The van der Waals surface area contributed by atoms with Crippen LogP contribution < -0.4 is 10.9 Å². The number of nitrogens with zero attached hydrogens (tertiary/aromatic N) is 1. The summed E-state index contributed by atoms with van der Waals surface area (Å²) in [6.45, 7) is 1.72. The highest BCUT2D eigenvalue weighted by Gasteiger charge is 2.09. The van der Waals surface area contributed by atoms with Gasteiger partial charge < -0.3 is 5.32 Å². The van der Waals surface area contributed by atoms with Gasteiger partial charge in [-0.05, 0) is 5.56 Å². The van der Waals surface area contributed by atoms with Crippen LogP contribution in [0.2, 0.25) is 0 Å². The van der Waals surface area contributed by atoms with Gasteiger partial charge in [-0.15, -0.1) is 0 Å². The van der Waals surface area contributed by atoms with Gasteiger partial charge in [0.1, 0.15) is 0 Å². The Balaban J connectivity index is 2.51. The minimum absolute atomic E-state index is 0.118. The van der Waals surface area contributed by atoms with Gasteiger partial charge in [-0.1, -0.05) is 0 Å². The average Bonchev–Trinajstić information content (AvgIpc) is 2.04. The van der Waals surface area contributed by atoms with E-state index < -0.39 is 0 Å². The predicted octanol–water partition coefficient (Wildman–Crippen LogP) is -0.584. The quantitative estimate of drug-likeness (QED) is 0.521. The lowest BCUT2D eigenvalue weighted by Crippen LogP contribution is -2.27. The number of nitrogens with one attached hydrogen (secondary N) is 2. The highest BCUT2D eigenvalue weighted by molar-refractivity contribution is 5.19. The molecule has 0 bridgehead atoms. The second-order valence-corrected chi connectivity index (χ2v) is 2.63. The van der Waals surface area contributed by atoms with Crippen LogP contribution in [0, 0.1) is 0 Å². The van der Waals surface area contributed by atoms with Crippen molar-refractivity contribution in [2.45, 2.75) is 13.0 Å². The maximum Gasteiger partial charge on any atom is 0.264 e. The third-order valence-electron chi connectivity index (χ3n) is 1.83. The number of hydrogen-bond donors (Lipinski definition) is 2. The van der Waals surface area contributed by atoms with Gasteiger partial charge in [0.25, 0.3) is 5.56 Å². The molecule has 0 aromatic carbocycles. The molecule has 58 valence electrons. The SMILES string of the molecule is O=c1cc2c(n[nH]1)CCNC2. The molecule has 0 saturated heterocycles. The molecule has 0 unspecified atom stereocenters. The van der Waals surface area contributed by atoms with Crippen LogP contribution in [-0.4, -0.2) is 16.7 Å². The van der Waals surface area contributed by atoms with Gasteiger partial charge in [-0.2, -0.15) is 5.10 Å². The first-order chi connectivity index (χ1) is 5.36. The summed E-state index contributed by atoms with van der Waals surface area (Å²) < 4.78 is 0. The summed E-state index contributed by atoms with van der Waals surface area (Å²) in [4.78, 5) is 10.8. The Kier molecular flexibility index (Phi) is 1.47. The molecule has 1 aromatic rings. The van der Waals surface area contributed by atoms with Crippen molar-refractivity contribution >= 4 is 0 Å². The molecule has 0 saturated carbocycles. The first-order valence-corrected chi connectivity index (χ1v) is 3.64. The van der Waals surface area contributed by atoms with E-state index in [-0.39, 0.29) is 5.56 Å². The van der Waals surface area contributed by atoms with E-state index >= 15 is 0 Å². The van der Waals surface area contributed by atoms with Crippen molar-refractivity contribution in [3.05, 3.63) is 27.7 Å². The molecule has 0 radical (unpaired) electrons. The second-order valence-electron chi connectivity index (χ2n) is 2.63.